The van der Waals surface area contributed by atoms with Crippen LogP contribution in [0.25, 0.3) is 43.6 Å². The Labute approximate surface area is 166 Å². The number of fused-ring (bicyclic) bond motifs is 4. The van der Waals surface area contributed by atoms with Crippen molar-refractivity contribution >= 4 is 49.3 Å². The van der Waals surface area contributed by atoms with Gasteiger partial charge in [0.15, 0.2) is 10.9 Å². The van der Waals surface area contributed by atoms with E-state index >= 15 is 0 Å². The second-order valence-corrected chi connectivity index (χ2v) is 7.61. The highest BCUT2D eigenvalue weighted by molar-refractivity contribution is 6.13. The zero-order chi connectivity index (χ0) is 20.3. The van der Waals surface area contributed by atoms with Crippen molar-refractivity contribution < 1.29 is 0 Å². The zero-order valence-electron chi connectivity index (χ0n) is 16.6. The molecule has 0 saturated heterocycles. The minimum Gasteiger partial charge on any atom is -0.375 e. The van der Waals surface area contributed by atoms with Crippen LogP contribution in [0.2, 0.25) is 0 Å². The SMILES string of the molecule is CCc1cccc2[nH]c3cc4c(=O)c5ccccc5[nH]c4c(N(C)C)c3c(=O)c12. The topological polar surface area (TPSA) is 69.0 Å². The quantitative estimate of drug-likeness (QED) is 0.447. The minimum atomic E-state index is -0.0393. The molecule has 0 aliphatic carbocycles. The van der Waals surface area contributed by atoms with Crippen molar-refractivity contribution in [2.24, 2.45) is 0 Å². The molecule has 2 aromatic heterocycles. The summed E-state index contributed by atoms with van der Waals surface area (Å²) in [6.07, 6.45) is 0.776. The number of nitrogens with zero attached hydrogens (tertiary/aromatic N) is 1. The van der Waals surface area contributed by atoms with Gasteiger partial charge in [0, 0.05) is 30.4 Å². The van der Waals surface area contributed by atoms with Crippen molar-refractivity contribution in [2.75, 3.05) is 19.0 Å². The molecule has 0 amide bonds. The van der Waals surface area contributed by atoms with Crippen LogP contribution < -0.4 is 15.8 Å². The van der Waals surface area contributed by atoms with Crippen LogP contribution in [0.1, 0.15) is 12.5 Å². The zero-order valence-corrected chi connectivity index (χ0v) is 16.6. The number of pyridine rings is 2. The molecule has 0 atom stereocenters. The molecule has 144 valence electrons. The van der Waals surface area contributed by atoms with Crippen LogP contribution in [0.15, 0.2) is 58.1 Å². The highest BCUT2D eigenvalue weighted by atomic mass is 16.1. The molecule has 0 aliphatic rings. The van der Waals surface area contributed by atoms with E-state index in [0.29, 0.717) is 32.6 Å². The predicted molar refractivity (Wildman–Crippen MR) is 121 cm³/mol. The number of anilines is 1. The van der Waals surface area contributed by atoms with E-state index in [0.717, 1.165) is 28.7 Å². The van der Waals surface area contributed by atoms with Gasteiger partial charge in [0.1, 0.15) is 0 Å². The molecule has 29 heavy (non-hydrogen) atoms. The molecular weight excluding hydrogens is 362 g/mol. The van der Waals surface area contributed by atoms with Crippen LogP contribution in [0.3, 0.4) is 0 Å². The lowest BCUT2D eigenvalue weighted by atomic mass is 10.00. The third-order valence-corrected chi connectivity index (χ3v) is 5.68. The molecule has 0 aliphatic heterocycles. The van der Waals surface area contributed by atoms with Crippen LogP contribution in [0.4, 0.5) is 5.69 Å². The second-order valence-electron chi connectivity index (χ2n) is 7.61. The number of benzene rings is 3. The number of aryl methyl sites for hydroxylation is 1. The summed E-state index contributed by atoms with van der Waals surface area (Å²) in [5.74, 6) is 0. The number of hydrogen-bond acceptors (Lipinski definition) is 3. The van der Waals surface area contributed by atoms with Crippen LogP contribution in [-0.2, 0) is 6.42 Å². The molecule has 0 bridgehead atoms. The first-order valence-electron chi connectivity index (χ1n) is 9.74. The van der Waals surface area contributed by atoms with Crippen molar-refractivity contribution in [2.45, 2.75) is 13.3 Å². The molecule has 0 spiro atoms. The maximum absolute atomic E-state index is 13.6. The summed E-state index contributed by atoms with van der Waals surface area (Å²) < 4.78 is 0. The number of nitrogens with one attached hydrogen (secondary N) is 2. The number of para-hydroxylation sites is 1. The van der Waals surface area contributed by atoms with E-state index in [1.54, 1.807) is 0 Å². The van der Waals surface area contributed by atoms with Crippen molar-refractivity contribution in [3.63, 3.8) is 0 Å². The Hall–Kier alpha value is -3.60. The smallest absolute Gasteiger partial charge is 0.199 e. The highest BCUT2D eigenvalue weighted by Crippen LogP contribution is 2.32. The molecule has 0 fully saturated rings. The number of rotatable bonds is 2. The lowest BCUT2D eigenvalue weighted by Gasteiger charge is -2.19. The Morgan fingerprint density at radius 2 is 1.55 bits per heavy atom. The largest absolute Gasteiger partial charge is 0.375 e. The molecule has 2 heterocycles. The lowest BCUT2D eigenvalue weighted by molar-refractivity contribution is 1.14. The highest BCUT2D eigenvalue weighted by Gasteiger charge is 2.19. The Balaban J connectivity index is 2.11. The Morgan fingerprint density at radius 1 is 0.793 bits per heavy atom. The number of H-pyrrole nitrogens is 2. The van der Waals surface area contributed by atoms with Crippen molar-refractivity contribution in [3.05, 3.63) is 74.5 Å². The van der Waals surface area contributed by atoms with Crippen LogP contribution >= 0.6 is 0 Å². The van der Waals surface area contributed by atoms with Gasteiger partial charge in [-0.15, -0.1) is 0 Å². The summed E-state index contributed by atoms with van der Waals surface area (Å²) in [4.78, 5) is 35.6. The van der Waals surface area contributed by atoms with Gasteiger partial charge in [-0.25, -0.2) is 0 Å². The van der Waals surface area contributed by atoms with Gasteiger partial charge in [0.25, 0.3) is 0 Å². The summed E-state index contributed by atoms with van der Waals surface area (Å²) in [6.45, 7) is 2.05. The number of aromatic nitrogens is 2. The number of aromatic amines is 2. The maximum Gasteiger partial charge on any atom is 0.199 e. The Morgan fingerprint density at radius 3 is 2.31 bits per heavy atom. The molecule has 5 heteroatoms. The summed E-state index contributed by atoms with van der Waals surface area (Å²) in [6, 6.07) is 15.1. The number of hydrogen-bond donors (Lipinski definition) is 2. The summed E-state index contributed by atoms with van der Waals surface area (Å²) >= 11 is 0. The Kier molecular flexibility index (Phi) is 3.74. The van der Waals surface area contributed by atoms with Gasteiger partial charge < -0.3 is 14.9 Å². The predicted octanol–water partition coefficient (Wildman–Crippen LogP) is 4.30. The van der Waals surface area contributed by atoms with Crippen molar-refractivity contribution in [1.82, 2.24) is 9.97 Å². The van der Waals surface area contributed by atoms with Crippen molar-refractivity contribution in [1.29, 1.82) is 0 Å². The normalized spacial score (nSPS) is 11.7. The third-order valence-electron chi connectivity index (χ3n) is 5.68. The van der Waals surface area contributed by atoms with E-state index in [-0.39, 0.29) is 10.9 Å². The van der Waals surface area contributed by atoms with Gasteiger partial charge in [-0.3, -0.25) is 9.59 Å². The van der Waals surface area contributed by atoms with E-state index in [9.17, 15) is 9.59 Å². The molecule has 0 unspecified atom stereocenters. The fraction of sp³-hybridized carbons (Fsp3) is 0.167. The van der Waals surface area contributed by atoms with E-state index < -0.39 is 0 Å². The average molecular weight is 383 g/mol. The summed E-state index contributed by atoms with van der Waals surface area (Å²) in [7, 11) is 3.80. The van der Waals surface area contributed by atoms with Gasteiger partial charge in [0.05, 0.1) is 33.0 Å². The fourth-order valence-corrected chi connectivity index (χ4v) is 4.36. The van der Waals surface area contributed by atoms with Crippen LogP contribution in [0.5, 0.6) is 0 Å². The van der Waals surface area contributed by atoms with E-state index in [2.05, 4.69) is 16.9 Å². The molecular formula is C24H21N3O2. The van der Waals surface area contributed by atoms with Crippen LogP contribution in [-0.4, -0.2) is 24.1 Å². The van der Waals surface area contributed by atoms with Gasteiger partial charge in [0.2, 0.25) is 0 Å². The molecule has 5 aromatic rings. The van der Waals surface area contributed by atoms with E-state index in [4.69, 9.17) is 0 Å². The average Bonchev–Trinajstić information content (AvgIpc) is 2.72. The standard InChI is InChI=1S/C24H21N3O2/c1-4-13-8-7-11-17-19(13)24(29)20-18(25-17)12-15-21(22(20)27(2)3)26-16-10-6-5-9-14(16)23(15)28/h5-12H,4H2,1-3H3,(H,25,29)(H,26,28). The molecule has 5 nitrogen and oxygen atoms in total. The minimum absolute atomic E-state index is 0.00851. The maximum atomic E-state index is 13.6. The molecule has 5 rings (SSSR count). The molecule has 3 aromatic carbocycles. The first-order chi connectivity index (χ1) is 14.0. The second kappa shape index (κ2) is 6.21. The molecule has 2 N–H and O–H groups in total. The monoisotopic (exact) mass is 383 g/mol. The first kappa shape index (κ1) is 17.5. The lowest BCUT2D eigenvalue weighted by Crippen LogP contribution is -2.17. The van der Waals surface area contributed by atoms with Crippen molar-refractivity contribution in [3.8, 4) is 0 Å². The summed E-state index contributed by atoms with van der Waals surface area (Å²) in [5, 5.41) is 2.52. The van der Waals surface area contributed by atoms with E-state index in [1.165, 1.54) is 0 Å². The van der Waals surface area contributed by atoms with E-state index in [1.807, 2.05) is 67.5 Å². The van der Waals surface area contributed by atoms with Gasteiger partial charge >= 0.3 is 0 Å². The van der Waals surface area contributed by atoms with Gasteiger partial charge in [-0.1, -0.05) is 31.2 Å². The Bertz CT molecular complexity index is 1560. The van der Waals surface area contributed by atoms with Gasteiger partial charge in [-0.2, -0.15) is 0 Å². The molecule has 0 radical (unpaired) electrons. The fourth-order valence-electron chi connectivity index (χ4n) is 4.36. The third kappa shape index (κ3) is 2.40. The first-order valence-corrected chi connectivity index (χ1v) is 9.74. The van der Waals surface area contributed by atoms with Crippen LogP contribution in [0, 0.1) is 0 Å². The summed E-state index contributed by atoms with van der Waals surface area (Å²) in [5.41, 5.74) is 4.62. The van der Waals surface area contributed by atoms with Gasteiger partial charge in [-0.05, 0) is 36.2 Å². The molecule has 0 saturated carbocycles.